The van der Waals surface area contributed by atoms with Crippen molar-refractivity contribution in [3.8, 4) is 0 Å². The Hall–Kier alpha value is -1.20. The summed E-state index contributed by atoms with van der Waals surface area (Å²) in [6.45, 7) is 4.23. The first kappa shape index (κ1) is 15.2. The molecule has 1 aliphatic rings. The Morgan fingerprint density at radius 2 is 2.15 bits per heavy atom. The van der Waals surface area contributed by atoms with Gasteiger partial charge in [0.15, 0.2) is 0 Å². The van der Waals surface area contributed by atoms with Crippen LogP contribution in [0.15, 0.2) is 35.4 Å². The summed E-state index contributed by atoms with van der Waals surface area (Å²) < 4.78 is 0. The maximum absolute atomic E-state index is 12.3. The molecule has 0 aromatic heterocycles. The summed E-state index contributed by atoms with van der Waals surface area (Å²) in [5, 5.41) is 6.84. The quantitative estimate of drug-likeness (QED) is 0.802. The van der Waals surface area contributed by atoms with Crippen molar-refractivity contribution < 1.29 is 4.79 Å². The monoisotopic (exact) mass is 311 g/mol. The number of benzene rings is 1. The number of para-hydroxylation sites is 1. The molecule has 1 aromatic carbocycles. The summed E-state index contributed by atoms with van der Waals surface area (Å²) in [6.07, 6.45) is 0. The van der Waals surface area contributed by atoms with Crippen LogP contribution in [0.2, 0.25) is 0 Å². The van der Waals surface area contributed by atoms with Crippen molar-refractivity contribution in [1.82, 2.24) is 5.01 Å². The first-order chi connectivity index (χ1) is 9.49. The first-order valence-corrected chi connectivity index (χ1v) is 7.76. The number of amides is 1. The Morgan fingerprint density at radius 3 is 2.65 bits per heavy atom. The van der Waals surface area contributed by atoms with Gasteiger partial charge in [0.1, 0.15) is 10.8 Å². The molecule has 0 saturated carbocycles. The highest BCUT2D eigenvalue weighted by Crippen LogP contribution is 2.27. The SMILES string of the molecule is CC1=NN(C)C(CN(C(=O)C(C)Cl)c2ccccc2)S1. The van der Waals surface area contributed by atoms with Crippen LogP contribution in [0.3, 0.4) is 0 Å². The zero-order chi connectivity index (χ0) is 14.7. The highest BCUT2D eigenvalue weighted by Gasteiger charge is 2.29. The molecule has 0 aliphatic carbocycles. The van der Waals surface area contributed by atoms with Crippen LogP contribution in [-0.2, 0) is 4.79 Å². The number of anilines is 1. The van der Waals surface area contributed by atoms with Gasteiger partial charge in [0.2, 0.25) is 5.91 Å². The van der Waals surface area contributed by atoms with E-state index in [1.54, 1.807) is 23.6 Å². The second kappa shape index (κ2) is 6.50. The number of carbonyl (C=O) groups excluding carboxylic acids is 1. The average Bonchev–Trinajstić information content (AvgIpc) is 2.74. The van der Waals surface area contributed by atoms with E-state index in [9.17, 15) is 4.79 Å². The fourth-order valence-electron chi connectivity index (χ4n) is 2.04. The molecule has 2 unspecified atom stereocenters. The molecule has 1 amide bonds. The average molecular weight is 312 g/mol. The first-order valence-electron chi connectivity index (χ1n) is 6.44. The molecule has 6 heteroatoms. The third-order valence-electron chi connectivity index (χ3n) is 3.03. The third kappa shape index (κ3) is 3.46. The van der Waals surface area contributed by atoms with Crippen molar-refractivity contribution in [3.63, 3.8) is 0 Å². The van der Waals surface area contributed by atoms with Crippen molar-refractivity contribution >= 4 is 40.0 Å². The van der Waals surface area contributed by atoms with Crippen LogP contribution >= 0.6 is 23.4 Å². The standard InChI is InChI=1S/C14H18ClN3OS/c1-10(15)14(19)18(12-7-5-4-6-8-12)9-13-17(3)16-11(2)20-13/h4-8,10,13H,9H2,1-3H3. The molecular formula is C14H18ClN3OS. The molecule has 2 rings (SSSR count). The minimum atomic E-state index is -0.547. The molecule has 20 heavy (non-hydrogen) atoms. The van der Waals surface area contributed by atoms with Gasteiger partial charge in [-0.15, -0.1) is 11.6 Å². The maximum atomic E-state index is 12.3. The van der Waals surface area contributed by atoms with Crippen molar-refractivity contribution in [1.29, 1.82) is 0 Å². The summed E-state index contributed by atoms with van der Waals surface area (Å²) in [4.78, 5) is 14.1. The van der Waals surface area contributed by atoms with Gasteiger partial charge in [0.05, 0.1) is 11.6 Å². The molecule has 108 valence electrons. The maximum Gasteiger partial charge on any atom is 0.244 e. The topological polar surface area (TPSA) is 35.9 Å². The van der Waals surface area contributed by atoms with Gasteiger partial charge < -0.3 is 4.90 Å². The molecule has 1 aromatic rings. The molecule has 2 atom stereocenters. The molecule has 0 fully saturated rings. The molecule has 4 nitrogen and oxygen atoms in total. The van der Waals surface area contributed by atoms with Gasteiger partial charge in [0, 0.05) is 12.7 Å². The number of thioether (sulfide) groups is 1. The lowest BCUT2D eigenvalue weighted by Gasteiger charge is -2.29. The van der Waals surface area contributed by atoms with Crippen molar-refractivity contribution in [2.24, 2.45) is 5.10 Å². The van der Waals surface area contributed by atoms with Gasteiger partial charge in [-0.2, -0.15) is 5.10 Å². The molecule has 1 heterocycles. The minimum Gasteiger partial charge on any atom is -0.308 e. The highest BCUT2D eigenvalue weighted by molar-refractivity contribution is 8.14. The number of hydrazone groups is 1. The van der Waals surface area contributed by atoms with Crippen LogP contribution in [0, 0.1) is 0 Å². The van der Waals surface area contributed by atoms with E-state index in [1.807, 2.05) is 49.3 Å². The van der Waals surface area contributed by atoms with Gasteiger partial charge in [-0.05, 0) is 26.0 Å². The zero-order valence-corrected chi connectivity index (χ0v) is 13.4. The fraction of sp³-hybridized carbons (Fsp3) is 0.429. The third-order valence-corrected chi connectivity index (χ3v) is 4.37. The molecule has 0 radical (unpaired) electrons. The van der Waals surface area contributed by atoms with Crippen LogP contribution in [0.1, 0.15) is 13.8 Å². The number of hydrogen-bond donors (Lipinski definition) is 0. The number of rotatable bonds is 4. The van der Waals surface area contributed by atoms with E-state index in [4.69, 9.17) is 11.6 Å². The van der Waals surface area contributed by atoms with Gasteiger partial charge in [-0.3, -0.25) is 9.80 Å². The predicted molar refractivity (Wildman–Crippen MR) is 86.4 cm³/mol. The van der Waals surface area contributed by atoms with E-state index in [0.29, 0.717) is 6.54 Å². The molecule has 0 N–H and O–H groups in total. The number of halogens is 1. The smallest absolute Gasteiger partial charge is 0.244 e. The minimum absolute atomic E-state index is 0.0866. The molecule has 0 saturated heterocycles. The van der Waals surface area contributed by atoms with Crippen LogP contribution in [0.5, 0.6) is 0 Å². The molecular weight excluding hydrogens is 294 g/mol. The predicted octanol–water partition coefficient (Wildman–Crippen LogP) is 2.99. The van der Waals surface area contributed by atoms with Crippen LogP contribution in [-0.4, -0.2) is 40.3 Å². The Morgan fingerprint density at radius 1 is 1.50 bits per heavy atom. The lowest BCUT2D eigenvalue weighted by molar-refractivity contribution is -0.118. The second-order valence-corrected chi connectivity index (χ2v) is 6.69. The Labute approximate surface area is 128 Å². The van der Waals surface area contributed by atoms with Gasteiger partial charge in [-0.1, -0.05) is 30.0 Å². The number of hydrogen-bond acceptors (Lipinski definition) is 4. The van der Waals surface area contributed by atoms with E-state index in [-0.39, 0.29) is 11.3 Å². The van der Waals surface area contributed by atoms with E-state index >= 15 is 0 Å². The van der Waals surface area contributed by atoms with Gasteiger partial charge >= 0.3 is 0 Å². The molecule has 0 spiro atoms. The van der Waals surface area contributed by atoms with Gasteiger partial charge in [-0.25, -0.2) is 0 Å². The largest absolute Gasteiger partial charge is 0.308 e. The fourth-order valence-corrected chi connectivity index (χ4v) is 3.15. The summed E-state index contributed by atoms with van der Waals surface area (Å²) in [5.74, 6) is -0.0866. The Kier molecular flexibility index (Phi) is 4.94. The van der Waals surface area contributed by atoms with Crippen molar-refractivity contribution in [2.75, 3.05) is 18.5 Å². The summed E-state index contributed by atoms with van der Waals surface area (Å²) in [5.41, 5.74) is 0.864. The Bertz CT molecular complexity index is 506. The van der Waals surface area contributed by atoms with Crippen molar-refractivity contribution in [2.45, 2.75) is 24.6 Å². The van der Waals surface area contributed by atoms with Gasteiger partial charge in [0.25, 0.3) is 0 Å². The Balaban J connectivity index is 2.18. The summed E-state index contributed by atoms with van der Waals surface area (Å²) in [6, 6.07) is 9.61. The van der Waals surface area contributed by atoms with E-state index in [0.717, 1.165) is 10.7 Å². The highest BCUT2D eigenvalue weighted by atomic mass is 35.5. The number of likely N-dealkylation sites (N-methyl/N-ethyl adjacent to an activating group) is 1. The second-order valence-electron chi connectivity index (χ2n) is 4.67. The lowest BCUT2D eigenvalue weighted by Crippen LogP contribution is -2.43. The molecule has 1 aliphatic heterocycles. The van der Waals surface area contributed by atoms with E-state index in [1.165, 1.54) is 0 Å². The van der Waals surface area contributed by atoms with Crippen LogP contribution in [0.25, 0.3) is 0 Å². The van der Waals surface area contributed by atoms with E-state index < -0.39 is 5.38 Å². The number of nitrogens with zero attached hydrogens (tertiary/aromatic N) is 3. The normalized spacial score (nSPS) is 19.7. The number of carbonyl (C=O) groups is 1. The number of alkyl halides is 1. The van der Waals surface area contributed by atoms with E-state index in [2.05, 4.69) is 5.10 Å². The van der Waals surface area contributed by atoms with Crippen LogP contribution < -0.4 is 4.90 Å². The van der Waals surface area contributed by atoms with Crippen LogP contribution in [0.4, 0.5) is 5.69 Å². The lowest BCUT2D eigenvalue weighted by atomic mass is 10.2. The summed E-state index contributed by atoms with van der Waals surface area (Å²) in [7, 11) is 1.92. The molecule has 0 bridgehead atoms. The zero-order valence-electron chi connectivity index (χ0n) is 11.8. The summed E-state index contributed by atoms with van der Waals surface area (Å²) >= 11 is 7.65. The van der Waals surface area contributed by atoms with Crippen molar-refractivity contribution in [3.05, 3.63) is 30.3 Å².